The SMILES string of the molecule is CCCC(C)=CCCC(C)(O)C1CC1. The van der Waals surface area contributed by atoms with Gasteiger partial charge >= 0.3 is 0 Å². The van der Waals surface area contributed by atoms with Crippen LogP contribution in [0.3, 0.4) is 0 Å². The van der Waals surface area contributed by atoms with E-state index >= 15 is 0 Å². The van der Waals surface area contributed by atoms with Crippen molar-refractivity contribution in [3.63, 3.8) is 0 Å². The molecule has 82 valence electrons. The lowest BCUT2D eigenvalue weighted by atomic mass is 9.94. The van der Waals surface area contributed by atoms with Gasteiger partial charge in [0.15, 0.2) is 0 Å². The summed E-state index contributed by atoms with van der Waals surface area (Å²) < 4.78 is 0. The lowest BCUT2D eigenvalue weighted by Gasteiger charge is -2.22. The highest BCUT2D eigenvalue weighted by molar-refractivity contribution is 5.00. The van der Waals surface area contributed by atoms with E-state index in [2.05, 4.69) is 19.9 Å². The van der Waals surface area contributed by atoms with Crippen LogP contribution < -0.4 is 0 Å². The Hall–Kier alpha value is -0.300. The fraction of sp³-hybridized carbons (Fsp3) is 0.846. The van der Waals surface area contributed by atoms with Crippen molar-refractivity contribution in [1.29, 1.82) is 0 Å². The molecule has 0 radical (unpaired) electrons. The van der Waals surface area contributed by atoms with Crippen molar-refractivity contribution >= 4 is 0 Å². The Balaban J connectivity index is 2.22. The maximum absolute atomic E-state index is 10.1. The summed E-state index contributed by atoms with van der Waals surface area (Å²) in [5.41, 5.74) is 1.07. The van der Waals surface area contributed by atoms with Crippen molar-refractivity contribution in [2.45, 2.75) is 64.9 Å². The van der Waals surface area contributed by atoms with Crippen molar-refractivity contribution < 1.29 is 5.11 Å². The van der Waals surface area contributed by atoms with Gasteiger partial charge in [-0.3, -0.25) is 0 Å². The third-order valence-electron chi connectivity index (χ3n) is 3.24. The largest absolute Gasteiger partial charge is 0.390 e. The number of aliphatic hydroxyl groups is 1. The highest BCUT2D eigenvalue weighted by atomic mass is 16.3. The van der Waals surface area contributed by atoms with Crippen LogP contribution in [0.15, 0.2) is 11.6 Å². The van der Waals surface area contributed by atoms with Gasteiger partial charge in [0.05, 0.1) is 5.60 Å². The molecule has 1 aliphatic rings. The van der Waals surface area contributed by atoms with E-state index in [1.807, 2.05) is 6.92 Å². The molecular weight excluding hydrogens is 172 g/mol. The maximum atomic E-state index is 10.1. The second kappa shape index (κ2) is 4.97. The van der Waals surface area contributed by atoms with Crippen LogP contribution in [0.25, 0.3) is 0 Å². The molecule has 0 aromatic rings. The van der Waals surface area contributed by atoms with Gasteiger partial charge in [-0.05, 0) is 51.9 Å². The van der Waals surface area contributed by atoms with Gasteiger partial charge in [0.25, 0.3) is 0 Å². The first-order valence-corrected chi connectivity index (χ1v) is 5.94. The number of hydrogen-bond acceptors (Lipinski definition) is 1. The first kappa shape index (κ1) is 11.8. The van der Waals surface area contributed by atoms with Crippen LogP contribution in [-0.4, -0.2) is 10.7 Å². The van der Waals surface area contributed by atoms with Crippen LogP contribution in [-0.2, 0) is 0 Å². The fourth-order valence-corrected chi connectivity index (χ4v) is 2.02. The van der Waals surface area contributed by atoms with E-state index in [0.29, 0.717) is 5.92 Å². The molecule has 1 saturated carbocycles. The highest BCUT2D eigenvalue weighted by Crippen LogP contribution is 2.41. The summed E-state index contributed by atoms with van der Waals surface area (Å²) in [6, 6.07) is 0. The molecule has 0 heterocycles. The standard InChI is InChI=1S/C13H24O/c1-4-6-11(2)7-5-10-13(3,14)12-8-9-12/h7,12,14H,4-6,8-10H2,1-3H3. The Morgan fingerprint density at radius 2 is 2.14 bits per heavy atom. The maximum Gasteiger partial charge on any atom is 0.0650 e. The lowest BCUT2D eigenvalue weighted by Crippen LogP contribution is -2.26. The van der Waals surface area contributed by atoms with Crippen molar-refractivity contribution in [2.24, 2.45) is 5.92 Å². The molecule has 0 bridgehead atoms. The molecule has 0 aromatic heterocycles. The van der Waals surface area contributed by atoms with E-state index < -0.39 is 5.60 Å². The fourth-order valence-electron chi connectivity index (χ4n) is 2.02. The highest BCUT2D eigenvalue weighted by Gasteiger charge is 2.38. The van der Waals surface area contributed by atoms with Gasteiger partial charge in [-0.2, -0.15) is 0 Å². The van der Waals surface area contributed by atoms with Gasteiger partial charge in [-0.1, -0.05) is 25.0 Å². The Kier molecular flexibility index (Phi) is 4.18. The number of rotatable bonds is 6. The Bertz CT molecular complexity index is 199. The second-order valence-electron chi connectivity index (χ2n) is 4.97. The number of hydrogen-bond donors (Lipinski definition) is 1. The normalized spacial score (nSPS) is 22.1. The van der Waals surface area contributed by atoms with Gasteiger partial charge < -0.3 is 5.11 Å². The van der Waals surface area contributed by atoms with Crippen LogP contribution in [0.5, 0.6) is 0 Å². The average Bonchev–Trinajstić information content (AvgIpc) is 2.86. The third kappa shape index (κ3) is 3.83. The molecular formula is C13H24O. The summed E-state index contributed by atoms with van der Waals surface area (Å²) in [5, 5.41) is 10.1. The Labute approximate surface area is 88.2 Å². The average molecular weight is 196 g/mol. The molecule has 0 amide bonds. The van der Waals surface area contributed by atoms with E-state index in [0.717, 1.165) is 12.8 Å². The molecule has 1 N–H and O–H groups in total. The van der Waals surface area contributed by atoms with Crippen molar-refractivity contribution in [3.8, 4) is 0 Å². The molecule has 1 nitrogen and oxygen atoms in total. The molecule has 14 heavy (non-hydrogen) atoms. The van der Waals surface area contributed by atoms with Gasteiger partial charge in [-0.15, -0.1) is 0 Å². The van der Waals surface area contributed by atoms with Gasteiger partial charge in [0.1, 0.15) is 0 Å². The minimum atomic E-state index is -0.400. The Morgan fingerprint density at radius 1 is 1.50 bits per heavy atom. The first-order chi connectivity index (χ1) is 6.56. The third-order valence-corrected chi connectivity index (χ3v) is 3.24. The van der Waals surface area contributed by atoms with Gasteiger partial charge in [-0.25, -0.2) is 0 Å². The molecule has 0 aliphatic heterocycles. The molecule has 1 atom stereocenters. The van der Waals surface area contributed by atoms with Gasteiger partial charge in [0, 0.05) is 0 Å². The predicted molar refractivity (Wildman–Crippen MR) is 61.2 cm³/mol. The first-order valence-electron chi connectivity index (χ1n) is 5.94. The second-order valence-corrected chi connectivity index (χ2v) is 4.97. The monoisotopic (exact) mass is 196 g/mol. The molecule has 1 unspecified atom stereocenters. The number of allylic oxidation sites excluding steroid dienone is 2. The predicted octanol–water partition coefficient (Wildman–Crippen LogP) is 3.67. The summed E-state index contributed by atoms with van der Waals surface area (Å²) in [6.07, 6.45) is 9.14. The van der Waals surface area contributed by atoms with E-state index in [9.17, 15) is 5.11 Å². The molecule has 1 heteroatoms. The quantitative estimate of drug-likeness (QED) is 0.643. The van der Waals surface area contributed by atoms with E-state index in [4.69, 9.17) is 0 Å². The Morgan fingerprint density at radius 3 is 2.64 bits per heavy atom. The summed E-state index contributed by atoms with van der Waals surface area (Å²) in [7, 11) is 0. The van der Waals surface area contributed by atoms with E-state index in [1.165, 1.54) is 31.3 Å². The molecule has 1 aliphatic carbocycles. The van der Waals surface area contributed by atoms with Crippen molar-refractivity contribution in [2.75, 3.05) is 0 Å². The zero-order valence-corrected chi connectivity index (χ0v) is 9.84. The van der Waals surface area contributed by atoms with Crippen LogP contribution in [0, 0.1) is 5.92 Å². The van der Waals surface area contributed by atoms with Crippen LogP contribution in [0.1, 0.15) is 59.3 Å². The zero-order valence-electron chi connectivity index (χ0n) is 9.84. The minimum Gasteiger partial charge on any atom is -0.390 e. The van der Waals surface area contributed by atoms with Crippen LogP contribution in [0.2, 0.25) is 0 Å². The van der Waals surface area contributed by atoms with Crippen molar-refractivity contribution in [1.82, 2.24) is 0 Å². The topological polar surface area (TPSA) is 20.2 Å². The molecule has 0 spiro atoms. The minimum absolute atomic E-state index is 0.400. The molecule has 1 fully saturated rings. The van der Waals surface area contributed by atoms with E-state index in [1.54, 1.807) is 0 Å². The van der Waals surface area contributed by atoms with Crippen LogP contribution >= 0.6 is 0 Å². The van der Waals surface area contributed by atoms with Gasteiger partial charge in [0.2, 0.25) is 0 Å². The van der Waals surface area contributed by atoms with E-state index in [-0.39, 0.29) is 0 Å². The summed E-state index contributed by atoms with van der Waals surface area (Å²) in [4.78, 5) is 0. The molecule has 0 aromatic carbocycles. The molecule has 0 saturated heterocycles. The summed E-state index contributed by atoms with van der Waals surface area (Å²) >= 11 is 0. The lowest BCUT2D eigenvalue weighted by molar-refractivity contribution is 0.0290. The molecule has 1 rings (SSSR count). The summed E-state index contributed by atoms with van der Waals surface area (Å²) in [6.45, 7) is 6.39. The van der Waals surface area contributed by atoms with Crippen molar-refractivity contribution in [3.05, 3.63) is 11.6 Å². The summed E-state index contributed by atoms with van der Waals surface area (Å²) in [5.74, 6) is 0.586. The van der Waals surface area contributed by atoms with Crippen LogP contribution in [0.4, 0.5) is 0 Å². The zero-order chi connectivity index (χ0) is 10.6. The smallest absolute Gasteiger partial charge is 0.0650 e.